The van der Waals surface area contributed by atoms with Crippen LogP contribution < -0.4 is 19.3 Å². The fraction of sp³-hybridized carbons (Fsp3) is 0.441. The van der Waals surface area contributed by atoms with Crippen molar-refractivity contribution in [3.8, 4) is 11.5 Å². The monoisotopic (exact) mass is 601 g/mol. The molecule has 44 heavy (non-hydrogen) atoms. The molecule has 2 fully saturated rings. The van der Waals surface area contributed by atoms with Gasteiger partial charge in [0.1, 0.15) is 23.1 Å². The number of benzene rings is 2. The van der Waals surface area contributed by atoms with E-state index in [4.69, 9.17) is 14.2 Å². The molecule has 2 aromatic rings. The molecular weight excluding hydrogens is 562 g/mol. The molecule has 5 atom stereocenters. The summed E-state index contributed by atoms with van der Waals surface area (Å²) >= 11 is 0. The number of rotatable bonds is 10. The predicted octanol–water partition coefficient (Wildman–Crippen LogP) is 3.34. The molecule has 0 radical (unpaired) electrons. The van der Waals surface area contributed by atoms with Crippen LogP contribution in [0.4, 0.5) is 11.4 Å². The summed E-state index contributed by atoms with van der Waals surface area (Å²) in [5.41, 5.74) is 0.0769. The van der Waals surface area contributed by atoms with Crippen molar-refractivity contribution in [3.05, 3.63) is 72.8 Å². The number of anilines is 2. The largest absolute Gasteiger partial charge is 0.497 e. The van der Waals surface area contributed by atoms with Gasteiger partial charge in [0.25, 0.3) is 5.91 Å². The van der Waals surface area contributed by atoms with Gasteiger partial charge in [0.2, 0.25) is 11.8 Å². The van der Waals surface area contributed by atoms with E-state index in [0.29, 0.717) is 68.4 Å². The summed E-state index contributed by atoms with van der Waals surface area (Å²) in [5, 5.41) is 9.32. The predicted molar refractivity (Wildman–Crippen MR) is 165 cm³/mol. The van der Waals surface area contributed by atoms with Crippen molar-refractivity contribution in [2.75, 3.05) is 49.8 Å². The molecule has 1 spiro atoms. The zero-order valence-corrected chi connectivity index (χ0v) is 25.1. The minimum Gasteiger partial charge on any atom is -0.497 e. The number of hydrogen-bond donors (Lipinski definition) is 1. The first-order chi connectivity index (χ1) is 21.4. The van der Waals surface area contributed by atoms with Gasteiger partial charge in [-0.05, 0) is 74.7 Å². The highest BCUT2D eigenvalue weighted by Crippen LogP contribution is 2.54. The van der Waals surface area contributed by atoms with E-state index in [2.05, 4.69) is 0 Å². The first-order valence-corrected chi connectivity index (χ1v) is 15.4. The summed E-state index contributed by atoms with van der Waals surface area (Å²) < 4.78 is 17.6. The van der Waals surface area contributed by atoms with Gasteiger partial charge in [-0.25, -0.2) is 0 Å². The van der Waals surface area contributed by atoms with Gasteiger partial charge in [0.15, 0.2) is 0 Å². The Balaban J connectivity index is 1.37. The number of unbranched alkanes of at least 4 members (excludes halogenated alkanes) is 2. The van der Waals surface area contributed by atoms with E-state index in [0.717, 1.165) is 0 Å². The van der Waals surface area contributed by atoms with Crippen LogP contribution in [-0.4, -0.2) is 85.4 Å². The van der Waals surface area contributed by atoms with Gasteiger partial charge in [-0.2, -0.15) is 0 Å². The molecule has 4 aliphatic heterocycles. The van der Waals surface area contributed by atoms with Crippen LogP contribution >= 0.6 is 0 Å². The maximum absolute atomic E-state index is 14.5. The van der Waals surface area contributed by atoms with Crippen molar-refractivity contribution in [3.63, 3.8) is 0 Å². The van der Waals surface area contributed by atoms with Crippen LogP contribution in [0.2, 0.25) is 0 Å². The Labute approximate surface area is 257 Å². The van der Waals surface area contributed by atoms with Crippen molar-refractivity contribution in [2.45, 2.75) is 43.9 Å². The van der Waals surface area contributed by atoms with E-state index in [1.54, 1.807) is 33.9 Å². The SMILES string of the molecule is CCOc1ccc(N2CC=C[C@@H]3O[C@]45C=CCN(c6ccc(OC)cc6)C(=O)C4N(CCCCCO)C(=O)[C@@H]5[C@@H]3C2=O)cc1. The minimum atomic E-state index is -1.30. The summed E-state index contributed by atoms with van der Waals surface area (Å²) in [5.74, 6) is -1.01. The van der Waals surface area contributed by atoms with Crippen LogP contribution in [0.1, 0.15) is 26.2 Å². The molecule has 1 unspecified atom stereocenters. The highest BCUT2D eigenvalue weighted by Gasteiger charge is 2.71. The normalized spacial score (nSPS) is 27.6. The summed E-state index contributed by atoms with van der Waals surface area (Å²) in [6.07, 6.45) is 8.76. The number of carbonyl (C=O) groups is 3. The van der Waals surface area contributed by atoms with Crippen LogP contribution in [0, 0.1) is 11.8 Å². The molecule has 0 aromatic heterocycles. The van der Waals surface area contributed by atoms with Crippen LogP contribution in [0.15, 0.2) is 72.8 Å². The fourth-order valence-corrected chi connectivity index (χ4v) is 7.06. The Morgan fingerprint density at radius 2 is 1.52 bits per heavy atom. The first kappa shape index (κ1) is 29.9. The van der Waals surface area contributed by atoms with Crippen molar-refractivity contribution < 1.29 is 33.7 Å². The average molecular weight is 602 g/mol. The van der Waals surface area contributed by atoms with E-state index in [9.17, 15) is 19.5 Å². The molecule has 6 rings (SSSR count). The average Bonchev–Trinajstić information content (AvgIpc) is 3.34. The van der Waals surface area contributed by atoms with Gasteiger partial charge in [0, 0.05) is 37.6 Å². The van der Waals surface area contributed by atoms with E-state index in [1.165, 1.54) is 0 Å². The van der Waals surface area contributed by atoms with Crippen LogP contribution in [-0.2, 0) is 19.1 Å². The molecule has 10 heteroatoms. The van der Waals surface area contributed by atoms with Gasteiger partial charge in [-0.15, -0.1) is 0 Å². The summed E-state index contributed by atoms with van der Waals surface area (Å²) in [7, 11) is 1.59. The number of aliphatic hydroxyl groups excluding tert-OH is 1. The maximum Gasteiger partial charge on any atom is 0.253 e. The van der Waals surface area contributed by atoms with E-state index in [1.807, 2.05) is 67.6 Å². The van der Waals surface area contributed by atoms with E-state index < -0.39 is 29.6 Å². The first-order valence-electron chi connectivity index (χ1n) is 15.4. The van der Waals surface area contributed by atoms with Crippen LogP contribution in [0.5, 0.6) is 11.5 Å². The molecule has 2 saturated heterocycles. The molecule has 3 amide bonds. The molecule has 10 nitrogen and oxygen atoms in total. The standard InChI is InChI=1S/C34H39N3O7/c1-3-43-26-16-12-23(13-17-26)35-20-7-9-27-28(31(35)39)29-32(40)37(19-5-4-6-22-38)30-33(41)36(21-8-18-34(29,30)44-27)24-10-14-25(42-2)15-11-24/h7-18,27-30,38H,3-6,19-22H2,1-2H3/t27-,28+,29-,30?,34-/m0/s1. The van der Waals surface area contributed by atoms with Gasteiger partial charge in [-0.3, -0.25) is 14.4 Å². The van der Waals surface area contributed by atoms with Crippen molar-refractivity contribution >= 4 is 29.1 Å². The van der Waals surface area contributed by atoms with Gasteiger partial charge in [0.05, 0.1) is 31.7 Å². The summed E-state index contributed by atoms with van der Waals surface area (Å²) in [4.78, 5) is 48.3. The van der Waals surface area contributed by atoms with Crippen molar-refractivity contribution in [1.82, 2.24) is 4.90 Å². The Hall–Kier alpha value is -4.15. The third-order valence-electron chi connectivity index (χ3n) is 9.06. The molecule has 0 saturated carbocycles. The molecule has 0 aliphatic carbocycles. The fourth-order valence-electron chi connectivity index (χ4n) is 7.06. The third-order valence-corrected chi connectivity index (χ3v) is 9.06. The molecular formula is C34H39N3O7. The third kappa shape index (κ3) is 5.05. The Bertz CT molecular complexity index is 1440. The lowest BCUT2D eigenvalue weighted by Crippen LogP contribution is -2.55. The number of carbonyl (C=O) groups excluding carboxylic acids is 3. The minimum absolute atomic E-state index is 0.0614. The topological polar surface area (TPSA) is 109 Å². The second-order valence-electron chi connectivity index (χ2n) is 11.5. The Morgan fingerprint density at radius 3 is 2.18 bits per heavy atom. The van der Waals surface area contributed by atoms with E-state index >= 15 is 0 Å². The lowest BCUT2D eigenvalue weighted by molar-refractivity contribution is -0.140. The Morgan fingerprint density at radius 1 is 0.864 bits per heavy atom. The lowest BCUT2D eigenvalue weighted by atomic mass is 9.77. The van der Waals surface area contributed by atoms with Crippen molar-refractivity contribution in [1.29, 1.82) is 0 Å². The molecule has 0 bridgehead atoms. The zero-order chi connectivity index (χ0) is 30.8. The molecule has 1 N–H and O–H groups in total. The summed E-state index contributed by atoms with van der Waals surface area (Å²) in [6, 6.07) is 13.6. The summed E-state index contributed by atoms with van der Waals surface area (Å²) in [6.45, 7) is 3.47. The van der Waals surface area contributed by atoms with Gasteiger partial charge >= 0.3 is 0 Å². The molecule has 4 aliphatic rings. The number of methoxy groups -OCH3 is 1. The molecule has 232 valence electrons. The number of nitrogens with zero attached hydrogens (tertiary/aromatic N) is 3. The number of fused-ring (bicyclic) bond motifs is 2. The number of likely N-dealkylation sites (tertiary alicyclic amines) is 1. The van der Waals surface area contributed by atoms with Crippen molar-refractivity contribution in [2.24, 2.45) is 11.8 Å². The number of hydrogen-bond acceptors (Lipinski definition) is 7. The smallest absolute Gasteiger partial charge is 0.253 e. The lowest BCUT2D eigenvalue weighted by Gasteiger charge is -2.35. The molecule has 4 heterocycles. The van der Waals surface area contributed by atoms with Crippen LogP contribution in [0.3, 0.4) is 0 Å². The second kappa shape index (κ2) is 12.5. The maximum atomic E-state index is 14.5. The van der Waals surface area contributed by atoms with Gasteiger partial charge < -0.3 is 34.0 Å². The highest BCUT2D eigenvalue weighted by atomic mass is 16.5. The molecule has 2 aromatic carbocycles. The highest BCUT2D eigenvalue weighted by molar-refractivity contribution is 6.07. The zero-order valence-electron chi connectivity index (χ0n) is 25.1. The number of aliphatic hydroxyl groups is 1. The Kier molecular flexibility index (Phi) is 8.46. The van der Waals surface area contributed by atoms with Gasteiger partial charge in [-0.1, -0.05) is 24.3 Å². The quantitative estimate of drug-likeness (QED) is 0.329. The number of ether oxygens (including phenoxy) is 3. The van der Waals surface area contributed by atoms with E-state index in [-0.39, 0.29) is 24.3 Å². The number of amides is 3. The second-order valence-corrected chi connectivity index (χ2v) is 11.5. The van der Waals surface area contributed by atoms with Crippen LogP contribution in [0.25, 0.3) is 0 Å².